The minimum absolute atomic E-state index is 0.000359. The average Bonchev–Trinajstić information content (AvgIpc) is 2.78. The highest BCUT2D eigenvalue weighted by Gasteiger charge is 2.28. The van der Waals surface area contributed by atoms with Gasteiger partial charge >= 0.3 is 6.03 Å². The molecule has 1 aliphatic rings. The van der Waals surface area contributed by atoms with Crippen LogP contribution in [0.3, 0.4) is 0 Å². The summed E-state index contributed by atoms with van der Waals surface area (Å²) in [6.07, 6.45) is 5.59. The molecular formula is C12H18N4O2. The van der Waals surface area contributed by atoms with Gasteiger partial charge in [0.25, 0.3) is 0 Å². The summed E-state index contributed by atoms with van der Waals surface area (Å²) in [6, 6.07) is 0.118. The van der Waals surface area contributed by atoms with E-state index in [0.29, 0.717) is 19.0 Å². The van der Waals surface area contributed by atoms with Crippen LogP contribution in [0.5, 0.6) is 5.88 Å². The summed E-state index contributed by atoms with van der Waals surface area (Å²) in [5.74, 6) is 0.508. The monoisotopic (exact) mass is 250 g/mol. The Labute approximate surface area is 106 Å². The van der Waals surface area contributed by atoms with E-state index in [9.17, 15) is 4.79 Å². The first-order valence-electron chi connectivity index (χ1n) is 6.13. The molecule has 1 aromatic heterocycles. The highest BCUT2D eigenvalue weighted by atomic mass is 16.5. The zero-order valence-corrected chi connectivity index (χ0v) is 10.7. The van der Waals surface area contributed by atoms with Crippen molar-refractivity contribution in [3.05, 3.63) is 18.6 Å². The molecule has 2 amide bonds. The molecule has 0 saturated carbocycles. The predicted octanol–water partition coefficient (Wildman–Crippen LogP) is 1.05. The minimum atomic E-state index is -0.0322. The van der Waals surface area contributed by atoms with Gasteiger partial charge in [0.1, 0.15) is 6.10 Å². The molecule has 2 rings (SSSR count). The fourth-order valence-corrected chi connectivity index (χ4v) is 1.86. The molecule has 1 saturated heterocycles. The molecule has 98 valence electrons. The van der Waals surface area contributed by atoms with Crippen LogP contribution in [-0.2, 0) is 0 Å². The smallest absolute Gasteiger partial charge is 0.317 e. The summed E-state index contributed by atoms with van der Waals surface area (Å²) < 4.78 is 5.67. The van der Waals surface area contributed by atoms with Gasteiger partial charge in [-0.25, -0.2) is 9.78 Å². The van der Waals surface area contributed by atoms with Crippen molar-refractivity contribution in [1.29, 1.82) is 0 Å². The Morgan fingerprint density at radius 3 is 3.06 bits per heavy atom. The van der Waals surface area contributed by atoms with Crippen LogP contribution < -0.4 is 10.1 Å². The van der Waals surface area contributed by atoms with Gasteiger partial charge in [-0.3, -0.25) is 4.98 Å². The molecule has 6 heteroatoms. The Kier molecular flexibility index (Phi) is 3.96. The van der Waals surface area contributed by atoms with Crippen molar-refractivity contribution in [2.75, 3.05) is 13.1 Å². The molecule has 1 fully saturated rings. The Bertz CT molecular complexity index is 396. The van der Waals surface area contributed by atoms with Crippen molar-refractivity contribution in [2.24, 2.45) is 0 Å². The molecule has 0 aliphatic carbocycles. The Balaban J connectivity index is 1.83. The molecular weight excluding hydrogens is 232 g/mol. The molecule has 1 unspecified atom stereocenters. The minimum Gasteiger partial charge on any atom is -0.471 e. The number of amides is 2. The summed E-state index contributed by atoms with van der Waals surface area (Å²) in [7, 11) is 0. The molecule has 0 radical (unpaired) electrons. The lowest BCUT2D eigenvalue weighted by Gasteiger charge is -2.19. The van der Waals surface area contributed by atoms with Crippen molar-refractivity contribution in [3.8, 4) is 5.88 Å². The van der Waals surface area contributed by atoms with Crippen LogP contribution in [0.1, 0.15) is 20.3 Å². The van der Waals surface area contributed by atoms with Crippen LogP contribution >= 0.6 is 0 Å². The van der Waals surface area contributed by atoms with Crippen LogP contribution in [0, 0.1) is 0 Å². The molecule has 6 nitrogen and oxygen atoms in total. The first-order valence-corrected chi connectivity index (χ1v) is 6.13. The Hall–Kier alpha value is -1.85. The maximum atomic E-state index is 11.8. The molecule has 1 N–H and O–H groups in total. The van der Waals surface area contributed by atoms with Gasteiger partial charge in [-0.1, -0.05) is 0 Å². The van der Waals surface area contributed by atoms with Crippen molar-refractivity contribution >= 4 is 6.03 Å². The number of carbonyl (C=O) groups is 1. The van der Waals surface area contributed by atoms with Gasteiger partial charge in [0.2, 0.25) is 5.88 Å². The molecule has 18 heavy (non-hydrogen) atoms. The number of likely N-dealkylation sites (tertiary alicyclic amines) is 1. The zero-order chi connectivity index (χ0) is 13.0. The van der Waals surface area contributed by atoms with E-state index in [2.05, 4.69) is 15.3 Å². The topological polar surface area (TPSA) is 67.4 Å². The third-order valence-electron chi connectivity index (χ3n) is 2.67. The Morgan fingerprint density at radius 2 is 2.39 bits per heavy atom. The van der Waals surface area contributed by atoms with Crippen molar-refractivity contribution in [3.63, 3.8) is 0 Å². The van der Waals surface area contributed by atoms with Crippen LogP contribution in [-0.4, -0.2) is 46.1 Å². The zero-order valence-electron chi connectivity index (χ0n) is 10.7. The van der Waals surface area contributed by atoms with Crippen molar-refractivity contribution < 1.29 is 9.53 Å². The third kappa shape index (κ3) is 3.32. The fourth-order valence-electron chi connectivity index (χ4n) is 1.86. The van der Waals surface area contributed by atoms with Crippen molar-refractivity contribution in [1.82, 2.24) is 20.2 Å². The fraction of sp³-hybridized carbons (Fsp3) is 0.583. The highest BCUT2D eigenvalue weighted by molar-refractivity contribution is 5.74. The molecule has 1 aromatic rings. The van der Waals surface area contributed by atoms with E-state index in [4.69, 9.17) is 4.74 Å². The Morgan fingerprint density at radius 1 is 1.56 bits per heavy atom. The quantitative estimate of drug-likeness (QED) is 0.870. The maximum absolute atomic E-state index is 11.8. The largest absolute Gasteiger partial charge is 0.471 e. The van der Waals surface area contributed by atoms with Gasteiger partial charge in [-0.2, -0.15) is 0 Å². The summed E-state index contributed by atoms with van der Waals surface area (Å²) in [6.45, 7) is 5.20. The van der Waals surface area contributed by atoms with E-state index in [-0.39, 0.29) is 18.2 Å². The lowest BCUT2D eigenvalue weighted by atomic mass is 10.3. The standard InChI is InChI=1S/C12H18N4O2/c1-9(2)15-12(17)16-6-3-10(8-16)18-11-7-13-4-5-14-11/h4-5,7,9-10H,3,6,8H2,1-2H3,(H,15,17). The number of hydrogen-bond donors (Lipinski definition) is 1. The van der Waals surface area contributed by atoms with E-state index in [1.54, 1.807) is 23.5 Å². The van der Waals surface area contributed by atoms with Gasteiger partial charge in [-0.15, -0.1) is 0 Å². The lowest BCUT2D eigenvalue weighted by molar-refractivity contribution is 0.181. The van der Waals surface area contributed by atoms with Crippen LogP contribution in [0.2, 0.25) is 0 Å². The lowest BCUT2D eigenvalue weighted by Crippen LogP contribution is -2.42. The number of ether oxygens (including phenoxy) is 1. The number of rotatable bonds is 3. The molecule has 0 aromatic carbocycles. The number of hydrogen-bond acceptors (Lipinski definition) is 4. The second-order valence-electron chi connectivity index (χ2n) is 4.62. The van der Waals surface area contributed by atoms with Gasteiger partial charge in [0.15, 0.2) is 0 Å². The summed E-state index contributed by atoms with van der Waals surface area (Å²) in [5, 5.41) is 2.87. The molecule has 1 atom stereocenters. The summed E-state index contributed by atoms with van der Waals surface area (Å²) >= 11 is 0. The predicted molar refractivity (Wildman–Crippen MR) is 66.3 cm³/mol. The first kappa shape index (κ1) is 12.6. The summed E-state index contributed by atoms with van der Waals surface area (Å²) in [4.78, 5) is 21.5. The number of aromatic nitrogens is 2. The van der Waals surface area contributed by atoms with Crippen molar-refractivity contribution in [2.45, 2.75) is 32.4 Å². The van der Waals surface area contributed by atoms with Crippen LogP contribution in [0.4, 0.5) is 4.79 Å². The number of nitrogens with zero attached hydrogens (tertiary/aromatic N) is 3. The second kappa shape index (κ2) is 5.66. The normalized spacial score (nSPS) is 19.1. The summed E-state index contributed by atoms with van der Waals surface area (Å²) in [5.41, 5.74) is 0. The van der Waals surface area contributed by atoms with Crippen LogP contribution in [0.25, 0.3) is 0 Å². The first-order chi connectivity index (χ1) is 8.65. The van der Waals surface area contributed by atoms with E-state index >= 15 is 0 Å². The SMILES string of the molecule is CC(C)NC(=O)N1CCC(Oc2cnccn2)C1. The highest BCUT2D eigenvalue weighted by Crippen LogP contribution is 2.15. The molecule has 2 heterocycles. The molecule has 0 spiro atoms. The third-order valence-corrected chi connectivity index (χ3v) is 2.67. The van der Waals surface area contributed by atoms with E-state index < -0.39 is 0 Å². The number of carbonyl (C=O) groups excluding carboxylic acids is 1. The van der Waals surface area contributed by atoms with Gasteiger partial charge in [-0.05, 0) is 13.8 Å². The maximum Gasteiger partial charge on any atom is 0.317 e. The molecule has 1 aliphatic heterocycles. The van der Waals surface area contributed by atoms with Gasteiger partial charge in [0.05, 0.1) is 12.7 Å². The van der Waals surface area contributed by atoms with Gasteiger partial charge < -0.3 is 15.0 Å². The van der Waals surface area contributed by atoms with E-state index in [1.807, 2.05) is 13.8 Å². The molecule has 0 bridgehead atoms. The second-order valence-corrected chi connectivity index (χ2v) is 4.62. The number of nitrogens with one attached hydrogen (secondary N) is 1. The average molecular weight is 250 g/mol. The number of urea groups is 1. The van der Waals surface area contributed by atoms with Crippen LogP contribution in [0.15, 0.2) is 18.6 Å². The van der Waals surface area contributed by atoms with E-state index in [1.165, 1.54) is 0 Å². The van der Waals surface area contributed by atoms with E-state index in [0.717, 1.165) is 6.42 Å². The van der Waals surface area contributed by atoms with Gasteiger partial charge in [0, 0.05) is 31.4 Å².